The fourth-order valence-electron chi connectivity index (χ4n) is 6.44. The molecule has 3 heterocycles. The van der Waals surface area contributed by atoms with Crippen molar-refractivity contribution in [3.8, 4) is 21.7 Å². The first-order valence-corrected chi connectivity index (χ1v) is 19.6. The van der Waals surface area contributed by atoms with Crippen LogP contribution in [0.1, 0.15) is 98.4 Å². The SMILES string of the molecule is CCC(C)(CC)C(=O)/C=C(\O)C(C)(CC)CC.Cc1sc2ccccc2c1-c1cc2c(-c3[c-]c4ccccc4c(C(C)(C)C)c3)nccc2s1.[Ir]. The smallest absolute Gasteiger partial charge is 0.164 e. The standard InChI is InChI=1S/C30H24NS2.C15H28O2.Ir/c1-18-28(22-11-7-8-12-25(22)32-18)27-17-23-26(33-27)13-14-31-29(23)20-15-19-9-5-6-10-21(19)24(16-20)30(2,3)4;1-7-14(5,8-2)12(16)11-13(17)15(6,9-3)10-4;/h5-14,16-17H,1-4H3;11,16H,7-10H2,1-6H3;/q-1;;/b;12-11-;. The summed E-state index contributed by atoms with van der Waals surface area (Å²) in [7, 11) is 0. The number of aliphatic hydroxyl groups excluding tert-OH is 1. The Balaban J connectivity index is 0.000000279. The number of rotatable bonds is 9. The predicted molar refractivity (Wildman–Crippen MR) is 219 cm³/mol. The number of pyridine rings is 1. The van der Waals surface area contributed by atoms with Gasteiger partial charge in [0.05, 0.1) is 0 Å². The zero-order chi connectivity index (χ0) is 36.4. The summed E-state index contributed by atoms with van der Waals surface area (Å²) >= 11 is 3.73. The molecule has 0 aliphatic carbocycles. The van der Waals surface area contributed by atoms with Gasteiger partial charge >= 0.3 is 0 Å². The number of hydrogen-bond donors (Lipinski definition) is 1. The molecule has 3 aromatic carbocycles. The van der Waals surface area contributed by atoms with Gasteiger partial charge in [-0.1, -0.05) is 110 Å². The number of hydrogen-bond acceptors (Lipinski definition) is 5. The third kappa shape index (κ3) is 8.25. The zero-order valence-electron chi connectivity index (χ0n) is 31.8. The average Bonchev–Trinajstić information content (AvgIpc) is 3.69. The minimum atomic E-state index is -0.337. The van der Waals surface area contributed by atoms with E-state index < -0.39 is 0 Å². The van der Waals surface area contributed by atoms with Crippen LogP contribution in [0, 0.1) is 23.8 Å². The van der Waals surface area contributed by atoms with Crippen LogP contribution in [-0.4, -0.2) is 15.9 Å². The van der Waals surface area contributed by atoms with Gasteiger partial charge < -0.3 is 5.11 Å². The van der Waals surface area contributed by atoms with E-state index in [0.717, 1.165) is 42.3 Å². The summed E-state index contributed by atoms with van der Waals surface area (Å²) in [6.07, 6.45) is 6.70. The molecule has 0 spiro atoms. The van der Waals surface area contributed by atoms with Crippen molar-refractivity contribution >= 4 is 59.4 Å². The quantitative estimate of drug-likeness (QED) is 0.0894. The molecule has 3 aromatic heterocycles. The van der Waals surface area contributed by atoms with E-state index in [1.807, 2.05) is 70.4 Å². The molecule has 1 radical (unpaired) electrons. The maximum atomic E-state index is 12.2. The molecule has 1 N–H and O–H groups in total. The second-order valence-corrected chi connectivity index (χ2v) is 17.4. The normalized spacial score (nSPS) is 12.5. The van der Waals surface area contributed by atoms with E-state index in [2.05, 4.69) is 100 Å². The Kier molecular flexibility index (Phi) is 12.9. The fourth-order valence-corrected chi connectivity index (χ4v) is 8.75. The first-order chi connectivity index (χ1) is 23.7. The van der Waals surface area contributed by atoms with Gasteiger partial charge in [-0.25, -0.2) is 0 Å². The number of allylic oxidation sites excluding steroid dienone is 2. The van der Waals surface area contributed by atoms with Crippen molar-refractivity contribution in [1.82, 2.24) is 4.98 Å². The molecular formula is C45H52IrNO2S2-. The molecule has 6 heteroatoms. The Morgan fingerprint density at radius 1 is 0.784 bits per heavy atom. The van der Waals surface area contributed by atoms with Crippen molar-refractivity contribution in [2.45, 2.75) is 100 Å². The van der Waals surface area contributed by atoms with Crippen LogP contribution in [0.2, 0.25) is 0 Å². The maximum Gasteiger partial charge on any atom is 0.164 e. The van der Waals surface area contributed by atoms with E-state index >= 15 is 0 Å². The van der Waals surface area contributed by atoms with Gasteiger partial charge in [0.1, 0.15) is 5.76 Å². The number of ketones is 1. The minimum Gasteiger partial charge on any atom is -0.512 e. The van der Waals surface area contributed by atoms with E-state index in [4.69, 9.17) is 4.98 Å². The van der Waals surface area contributed by atoms with Crippen LogP contribution in [0.5, 0.6) is 0 Å². The monoisotopic (exact) mass is 895 g/mol. The number of carbonyl (C=O) groups is 1. The molecule has 3 nitrogen and oxygen atoms in total. The van der Waals surface area contributed by atoms with Crippen molar-refractivity contribution in [2.75, 3.05) is 0 Å². The second-order valence-electron chi connectivity index (χ2n) is 15.0. The summed E-state index contributed by atoms with van der Waals surface area (Å²) in [4.78, 5) is 19.7. The minimum absolute atomic E-state index is 0. The van der Waals surface area contributed by atoms with Crippen LogP contribution in [0.15, 0.2) is 84.8 Å². The summed E-state index contributed by atoms with van der Waals surface area (Å²) < 4.78 is 2.61. The molecule has 51 heavy (non-hydrogen) atoms. The van der Waals surface area contributed by atoms with Crippen LogP contribution in [0.25, 0.3) is 52.6 Å². The first kappa shape index (κ1) is 40.6. The molecule has 0 atom stereocenters. The molecule has 0 bridgehead atoms. The zero-order valence-corrected chi connectivity index (χ0v) is 35.8. The summed E-state index contributed by atoms with van der Waals surface area (Å²) in [6.45, 7) is 21.1. The van der Waals surface area contributed by atoms with Crippen LogP contribution in [0.4, 0.5) is 0 Å². The van der Waals surface area contributed by atoms with Gasteiger partial charge in [-0.05, 0) is 61.6 Å². The molecular weight excluding hydrogens is 843 g/mol. The van der Waals surface area contributed by atoms with Crippen molar-refractivity contribution < 1.29 is 30.0 Å². The van der Waals surface area contributed by atoms with Gasteiger partial charge in [0.25, 0.3) is 0 Å². The molecule has 6 aromatic rings. The van der Waals surface area contributed by atoms with E-state index in [1.165, 1.54) is 52.5 Å². The largest absolute Gasteiger partial charge is 0.512 e. The van der Waals surface area contributed by atoms with Gasteiger partial charge in [-0.3, -0.25) is 9.78 Å². The Hall–Kier alpha value is -3.15. The first-order valence-electron chi connectivity index (χ1n) is 18.0. The van der Waals surface area contributed by atoms with Crippen LogP contribution in [-0.2, 0) is 30.3 Å². The number of aryl methyl sites for hydroxylation is 1. The number of fused-ring (bicyclic) bond motifs is 3. The van der Waals surface area contributed by atoms with Gasteiger partial charge in [0.2, 0.25) is 0 Å². The molecule has 0 amide bonds. The number of aromatic nitrogens is 1. The fraction of sp³-hybridized carbons (Fsp3) is 0.378. The van der Waals surface area contributed by atoms with E-state index in [-0.39, 0.29) is 47.9 Å². The molecule has 6 rings (SSSR count). The third-order valence-corrected chi connectivity index (χ3v) is 13.1. The molecule has 0 aliphatic rings. The maximum absolute atomic E-state index is 12.2. The van der Waals surface area contributed by atoms with Crippen molar-refractivity contribution in [1.29, 1.82) is 0 Å². The van der Waals surface area contributed by atoms with Gasteiger partial charge in [-0.2, -0.15) is 0 Å². The van der Waals surface area contributed by atoms with Crippen molar-refractivity contribution in [3.63, 3.8) is 0 Å². The van der Waals surface area contributed by atoms with Gasteiger partial charge in [0, 0.05) is 79.0 Å². The number of benzene rings is 3. The molecule has 0 unspecified atom stereocenters. The number of thiophene rings is 2. The van der Waals surface area contributed by atoms with Crippen LogP contribution in [0.3, 0.4) is 0 Å². The van der Waals surface area contributed by atoms with E-state index in [0.29, 0.717) is 0 Å². The van der Waals surface area contributed by atoms with E-state index in [1.54, 1.807) is 0 Å². The third-order valence-electron chi connectivity index (χ3n) is 10.9. The van der Waals surface area contributed by atoms with Gasteiger partial charge in [0.15, 0.2) is 5.78 Å². The Labute approximate surface area is 326 Å². The Morgan fingerprint density at radius 2 is 1.37 bits per heavy atom. The van der Waals surface area contributed by atoms with Crippen molar-refractivity contribution in [3.05, 3.63) is 101 Å². The number of carbonyl (C=O) groups excluding carboxylic acids is 1. The Morgan fingerprint density at radius 3 is 2.00 bits per heavy atom. The average molecular weight is 895 g/mol. The Bertz CT molecular complexity index is 2170. The topological polar surface area (TPSA) is 50.2 Å². The molecule has 271 valence electrons. The molecule has 0 fully saturated rings. The predicted octanol–water partition coefficient (Wildman–Crippen LogP) is 14.1. The summed E-state index contributed by atoms with van der Waals surface area (Å²) in [5.41, 5.74) is 4.21. The molecule has 0 saturated carbocycles. The molecule has 0 saturated heterocycles. The van der Waals surface area contributed by atoms with E-state index in [9.17, 15) is 9.90 Å². The molecule has 0 aliphatic heterocycles. The summed E-state index contributed by atoms with van der Waals surface area (Å²) in [5, 5.41) is 15.1. The summed E-state index contributed by atoms with van der Waals surface area (Å²) in [5.74, 6) is 0.286. The number of aliphatic hydroxyl groups is 1. The van der Waals surface area contributed by atoms with Crippen molar-refractivity contribution in [2.24, 2.45) is 10.8 Å². The second kappa shape index (κ2) is 16.3. The van der Waals surface area contributed by atoms with Crippen LogP contribution < -0.4 is 0 Å². The van der Waals surface area contributed by atoms with Crippen LogP contribution >= 0.6 is 22.7 Å². The summed E-state index contributed by atoms with van der Waals surface area (Å²) in [6, 6.07) is 27.7. The number of nitrogens with zero attached hydrogens (tertiary/aromatic N) is 1. The van der Waals surface area contributed by atoms with Gasteiger partial charge in [-0.15, -0.1) is 51.8 Å².